The summed E-state index contributed by atoms with van der Waals surface area (Å²) in [5.74, 6) is 0.686. The van der Waals surface area contributed by atoms with Crippen molar-refractivity contribution in [1.29, 1.82) is 0 Å². The minimum absolute atomic E-state index is 0.0865. The summed E-state index contributed by atoms with van der Waals surface area (Å²) in [6.07, 6.45) is 4.79. The fourth-order valence-corrected chi connectivity index (χ4v) is 1.42. The molecule has 19 heavy (non-hydrogen) atoms. The first kappa shape index (κ1) is 15.2. The second-order valence-corrected chi connectivity index (χ2v) is 4.12. The van der Waals surface area contributed by atoms with Gasteiger partial charge in [0.25, 0.3) is 0 Å². The smallest absolute Gasteiger partial charge is 0.244 e. The molecule has 0 saturated carbocycles. The highest BCUT2D eigenvalue weighted by atomic mass is 16.5. The molecular formula is C15H21NO3. The van der Waals surface area contributed by atoms with Crippen molar-refractivity contribution in [2.24, 2.45) is 0 Å². The van der Waals surface area contributed by atoms with Crippen molar-refractivity contribution >= 4 is 12.0 Å². The largest absolute Gasteiger partial charge is 0.494 e. The van der Waals surface area contributed by atoms with E-state index in [2.05, 4.69) is 12.2 Å². The van der Waals surface area contributed by atoms with Crippen LogP contribution < -0.4 is 10.1 Å². The fraction of sp³-hybridized carbons (Fsp3) is 0.400. The number of rotatable bonds is 8. The molecule has 2 N–H and O–H groups in total. The maximum atomic E-state index is 11.4. The molecule has 1 amide bonds. The number of benzene rings is 1. The topological polar surface area (TPSA) is 58.6 Å². The van der Waals surface area contributed by atoms with E-state index in [4.69, 9.17) is 9.84 Å². The minimum Gasteiger partial charge on any atom is -0.494 e. The third-order valence-electron chi connectivity index (χ3n) is 2.41. The molecule has 0 saturated heterocycles. The number of carbonyl (C=O) groups is 1. The average Bonchev–Trinajstić information content (AvgIpc) is 2.44. The van der Waals surface area contributed by atoms with Gasteiger partial charge in [-0.25, -0.2) is 0 Å². The molecule has 0 spiro atoms. The molecule has 0 fully saturated rings. The summed E-state index contributed by atoms with van der Waals surface area (Å²) in [5.41, 5.74) is 0.946. The van der Waals surface area contributed by atoms with Crippen LogP contribution in [0.2, 0.25) is 0 Å². The first-order valence-electron chi connectivity index (χ1n) is 6.56. The molecule has 4 nitrogen and oxygen atoms in total. The van der Waals surface area contributed by atoms with E-state index in [1.165, 1.54) is 6.08 Å². The van der Waals surface area contributed by atoms with Crippen LogP contribution in [0.4, 0.5) is 0 Å². The highest BCUT2D eigenvalue weighted by Gasteiger charge is 1.95. The zero-order valence-corrected chi connectivity index (χ0v) is 11.3. The van der Waals surface area contributed by atoms with E-state index >= 15 is 0 Å². The molecule has 0 bridgehead atoms. The van der Waals surface area contributed by atoms with Gasteiger partial charge in [0.15, 0.2) is 0 Å². The number of ether oxygens (including phenoxy) is 1. The van der Waals surface area contributed by atoms with E-state index in [1.54, 1.807) is 6.08 Å². The predicted molar refractivity (Wildman–Crippen MR) is 76.0 cm³/mol. The lowest BCUT2D eigenvalue weighted by Crippen LogP contribution is -2.22. The van der Waals surface area contributed by atoms with Crippen molar-refractivity contribution in [2.75, 3.05) is 19.8 Å². The molecule has 0 aliphatic carbocycles. The van der Waals surface area contributed by atoms with Gasteiger partial charge in [-0.15, -0.1) is 0 Å². The molecular weight excluding hydrogens is 242 g/mol. The molecule has 104 valence electrons. The second kappa shape index (κ2) is 9.16. The number of nitrogens with one attached hydrogen (secondary N) is 1. The molecule has 4 heteroatoms. The Bertz CT molecular complexity index is 398. The van der Waals surface area contributed by atoms with Gasteiger partial charge in [-0.1, -0.05) is 19.1 Å². The Labute approximate surface area is 114 Å². The van der Waals surface area contributed by atoms with Gasteiger partial charge in [-0.05, 0) is 36.6 Å². The zero-order chi connectivity index (χ0) is 13.9. The Morgan fingerprint density at radius 1 is 1.37 bits per heavy atom. The molecule has 0 aromatic heterocycles. The summed E-state index contributed by atoms with van der Waals surface area (Å²) >= 11 is 0. The maximum absolute atomic E-state index is 11.4. The van der Waals surface area contributed by atoms with Crippen LogP contribution in [0.25, 0.3) is 6.08 Å². The summed E-state index contributed by atoms with van der Waals surface area (Å²) < 4.78 is 5.47. The second-order valence-electron chi connectivity index (χ2n) is 4.12. The van der Waals surface area contributed by atoms with Crippen molar-refractivity contribution < 1.29 is 14.6 Å². The van der Waals surface area contributed by atoms with Gasteiger partial charge in [0, 0.05) is 19.2 Å². The van der Waals surface area contributed by atoms with Gasteiger partial charge in [0.1, 0.15) is 5.75 Å². The number of aliphatic hydroxyl groups is 1. The number of hydrogen-bond acceptors (Lipinski definition) is 3. The Morgan fingerprint density at radius 2 is 2.11 bits per heavy atom. The van der Waals surface area contributed by atoms with E-state index in [0.717, 1.165) is 17.7 Å². The van der Waals surface area contributed by atoms with Crippen LogP contribution in [0.5, 0.6) is 5.75 Å². The normalized spacial score (nSPS) is 10.6. The highest BCUT2D eigenvalue weighted by molar-refractivity contribution is 5.91. The lowest BCUT2D eigenvalue weighted by atomic mass is 10.2. The Hall–Kier alpha value is -1.81. The van der Waals surface area contributed by atoms with Crippen LogP contribution in [0, 0.1) is 0 Å². The molecule has 0 atom stereocenters. The van der Waals surface area contributed by atoms with Gasteiger partial charge < -0.3 is 15.2 Å². The third kappa shape index (κ3) is 6.62. The predicted octanol–water partition coefficient (Wildman–Crippen LogP) is 1.99. The molecule has 0 unspecified atom stereocenters. The lowest BCUT2D eigenvalue weighted by molar-refractivity contribution is -0.116. The van der Waals surface area contributed by atoms with Crippen molar-refractivity contribution in [3.05, 3.63) is 35.9 Å². The van der Waals surface area contributed by atoms with Crippen LogP contribution in [-0.2, 0) is 4.79 Å². The minimum atomic E-state index is -0.153. The average molecular weight is 263 g/mol. The first-order valence-corrected chi connectivity index (χ1v) is 6.56. The molecule has 1 aromatic rings. The number of aliphatic hydroxyl groups excluding tert-OH is 1. The Balaban J connectivity index is 2.41. The Morgan fingerprint density at radius 3 is 2.74 bits per heavy atom. The van der Waals surface area contributed by atoms with Crippen LogP contribution in [0.15, 0.2) is 30.3 Å². The monoisotopic (exact) mass is 263 g/mol. The summed E-state index contributed by atoms with van der Waals surface area (Å²) in [7, 11) is 0. The van der Waals surface area contributed by atoms with E-state index in [-0.39, 0.29) is 12.5 Å². The fourth-order valence-electron chi connectivity index (χ4n) is 1.42. The molecule has 1 aromatic carbocycles. The summed E-state index contributed by atoms with van der Waals surface area (Å²) in [6, 6.07) is 7.59. The van der Waals surface area contributed by atoms with Gasteiger partial charge >= 0.3 is 0 Å². The first-order chi connectivity index (χ1) is 9.26. The third-order valence-corrected chi connectivity index (χ3v) is 2.41. The van der Waals surface area contributed by atoms with Crippen molar-refractivity contribution in [1.82, 2.24) is 5.32 Å². The highest BCUT2D eigenvalue weighted by Crippen LogP contribution is 2.13. The maximum Gasteiger partial charge on any atom is 0.244 e. The van der Waals surface area contributed by atoms with E-state index in [0.29, 0.717) is 19.6 Å². The summed E-state index contributed by atoms with van der Waals surface area (Å²) in [5, 5.41) is 11.3. The molecule has 0 aliphatic heterocycles. The van der Waals surface area contributed by atoms with Crippen molar-refractivity contribution in [3.8, 4) is 5.75 Å². The SMILES string of the molecule is CCCOc1ccc(/C=C/C(=O)NCCCO)cc1. The quantitative estimate of drug-likeness (QED) is 0.557. The van der Waals surface area contributed by atoms with E-state index in [9.17, 15) is 4.79 Å². The van der Waals surface area contributed by atoms with Crippen LogP contribution in [-0.4, -0.2) is 30.8 Å². The molecule has 0 aliphatic rings. The van der Waals surface area contributed by atoms with Gasteiger partial charge in [0.2, 0.25) is 5.91 Å². The molecule has 1 rings (SSSR count). The van der Waals surface area contributed by atoms with E-state index in [1.807, 2.05) is 24.3 Å². The summed E-state index contributed by atoms with van der Waals surface area (Å²) in [4.78, 5) is 11.4. The number of amides is 1. The van der Waals surface area contributed by atoms with Crippen LogP contribution in [0.1, 0.15) is 25.3 Å². The number of hydrogen-bond donors (Lipinski definition) is 2. The van der Waals surface area contributed by atoms with Crippen LogP contribution >= 0.6 is 0 Å². The van der Waals surface area contributed by atoms with Crippen molar-refractivity contribution in [2.45, 2.75) is 19.8 Å². The Kier molecular flexibility index (Phi) is 7.35. The summed E-state index contributed by atoms with van der Waals surface area (Å²) in [6.45, 7) is 3.35. The van der Waals surface area contributed by atoms with Crippen molar-refractivity contribution in [3.63, 3.8) is 0 Å². The van der Waals surface area contributed by atoms with Gasteiger partial charge in [-0.2, -0.15) is 0 Å². The lowest BCUT2D eigenvalue weighted by Gasteiger charge is -2.04. The van der Waals surface area contributed by atoms with E-state index < -0.39 is 0 Å². The van der Waals surface area contributed by atoms with Crippen LogP contribution in [0.3, 0.4) is 0 Å². The van der Waals surface area contributed by atoms with Gasteiger partial charge in [0.05, 0.1) is 6.61 Å². The van der Waals surface area contributed by atoms with Gasteiger partial charge in [-0.3, -0.25) is 4.79 Å². The number of carbonyl (C=O) groups excluding carboxylic acids is 1. The molecule has 0 heterocycles. The zero-order valence-electron chi connectivity index (χ0n) is 11.3. The molecule has 0 radical (unpaired) electrons. The standard InChI is InChI=1S/C15H21NO3/c1-2-12-19-14-7-4-13(5-8-14)6-9-15(18)16-10-3-11-17/h4-9,17H,2-3,10-12H2,1H3,(H,16,18)/b9-6+.